The number of nitrogens with zero attached hydrogens (tertiary/aromatic N) is 1. The molecule has 118 valence electrons. The second-order valence-electron chi connectivity index (χ2n) is 5.40. The number of rotatable bonds is 8. The van der Waals surface area contributed by atoms with Crippen molar-refractivity contribution in [2.45, 2.75) is 40.2 Å². The number of hydrogen-bond acceptors (Lipinski definition) is 3. The van der Waals surface area contributed by atoms with Gasteiger partial charge in [0.05, 0.1) is 0 Å². The highest BCUT2D eigenvalue weighted by molar-refractivity contribution is 5.77. The molecule has 1 N–H and O–H groups in total. The molecule has 1 atom stereocenters. The maximum absolute atomic E-state index is 11.7. The van der Waals surface area contributed by atoms with E-state index in [4.69, 9.17) is 4.74 Å². The van der Waals surface area contributed by atoms with Gasteiger partial charge in [-0.15, -0.1) is 0 Å². The molecule has 0 aliphatic rings. The number of ether oxygens (including phenoxy) is 1. The summed E-state index contributed by atoms with van der Waals surface area (Å²) in [5.74, 6) is 0.776. The van der Waals surface area contributed by atoms with E-state index in [0.29, 0.717) is 12.6 Å². The molecule has 0 aliphatic carbocycles. The highest BCUT2D eigenvalue weighted by atomic mass is 16.5. The molecule has 1 rings (SSSR count). The molecule has 1 aromatic carbocycles. The monoisotopic (exact) mass is 292 g/mol. The second kappa shape index (κ2) is 8.67. The fourth-order valence-corrected chi connectivity index (χ4v) is 2.01. The lowest BCUT2D eigenvalue weighted by atomic mass is 10.0. The van der Waals surface area contributed by atoms with Gasteiger partial charge in [0.15, 0.2) is 6.61 Å². The maximum atomic E-state index is 11.7. The Balaban J connectivity index is 2.64. The predicted molar refractivity (Wildman–Crippen MR) is 86.7 cm³/mol. The van der Waals surface area contributed by atoms with Gasteiger partial charge in [0.25, 0.3) is 5.91 Å². The first-order chi connectivity index (χ1) is 9.99. The van der Waals surface area contributed by atoms with Crippen molar-refractivity contribution in [1.82, 2.24) is 10.2 Å². The molecule has 1 amide bonds. The zero-order chi connectivity index (χ0) is 15.8. The molecule has 0 spiro atoms. The normalized spacial score (nSPS) is 12.0. The van der Waals surface area contributed by atoms with Crippen LogP contribution < -0.4 is 10.1 Å². The number of nitrogens with one attached hydrogen (secondary N) is 1. The van der Waals surface area contributed by atoms with Crippen molar-refractivity contribution in [2.24, 2.45) is 0 Å². The van der Waals surface area contributed by atoms with Crippen molar-refractivity contribution in [3.05, 3.63) is 29.3 Å². The summed E-state index contributed by atoms with van der Waals surface area (Å²) < 4.78 is 5.63. The number of hydrogen-bond donors (Lipinski definition) is 1. The van der Waals surface area contributed by atoms with Crippen LogP contribution >= 0.6 is 0 Å². The van der Waals surface area contributed by atoms with Crippen molar-refractivity contribution >= 4 is 5.91 Å². The van der Waals surface area contributed by atoms with Crippen LogP contribution in [0.25, 0.3) is 0 Å². The molecule has 0 radical (unpaired) electrons. The van der Waals surface area contributed by atoms with E-state index in [1.54, 1.807) is 11.9 Å². The smallest absolute Gasteiger partial charge is 0.260 e. The van der Waals surface area contributed by atoms with Crippen LogP contribution in [0.4, 0.5) is 0 Å². The van der Waals surface area contributed by atoms with Gasteiger partial charge >= 0.3 is 0 Å². The summed E-state index contributed by atoms with van der Waals surface area (Å²) in [5.41, 5.74) is 2.30. The second-order valence-corrected chi connectivity index (χ2v) is 5.40. The highest BCUT2D eigenvalue weighted by Gasteiger charge is 2.10. The Morgan fingerprint density at radius 1 is 1.38 bits per heavy atom. The average molecular weight is 292 g/mol. The molecule has 1 unspecified atom stereocenters. The number of amides is 1. The maximum Gasteiger partial charge on any atom is 0.260 e. The topological polar surface area (TPSA) is 41.6 Å². The zero-order valence-corrected chi connectivity index (χ0v) is 13.9. The van der Waals surface area contributed by atoms with Gasteiger partial charge < -0.3 is 15.0 Å². The summed E-state index contributed by atoms with van der Waals surface area (Å²) in [6.07, 6.45) is 1.12. The standard InChI is InChI=1S/C17H28N2O2/c1-6-10-18-14(4)15-8-9-16(13(3)11-15)21-12-17(20)19(5)7-2/h8-9,11,14,18H,6-7,10,12H2,1-5H3. The van der Waals surface area contributed by atoms with Crippen molar-refractivity contribution in [3.63, 3.8) is 0 Å². The Bertz CT molecular complexity index is 460. The minimum atomic E-state index is -0.000966. The van der Waals surface area contributed by atoms with Gasteiger partial charge in [-0.1, -0.05) is 19.1 Å². The van der Waals surface area contributed by atoms with E-state index in [-0.39, 0.29) is 12.5 Å². The number of carbonyl (C=O) groups is 1. The third kappa shape index (κ3) is 5.38. The van der Waals surface area contributed by atoms with Gasteiger partial charge in [-0.3, -0.25) is 4.79 Å². The van der Waals surface area contributed by atoms with Gasteiger partial charge in [-0.2, -0.15) is 0 Å². The first-order valence-electron chi connectivity index (χ1n) is 7.70. The Morgan fingerprint density at radius 3 is 2.67 bits per heavy atom. The molecule has 0 saturated heterocycles. The molecule has 0 aromatic heterocycles. The summed E-state index contributed by atoms with van der Waals surface area (Å²) in [5, 5.41) is 3.47. The van der Waals surface area contributed by atoms with Gasteiger partial charge in [-0.25, -0.2) is 0 Å². The van der Waals surface area contributed by atoms with E-state index < -0.39 is 0 Å². The zero-order valence-electron chi connectivity index (χ0n) is 13.9. The first-order valence-corrected chi connectivity index (χ1v) is 7.70. The molecule has 0 aliphatic heterocycles. The van der Waals surface area contributed by atoms with E-state index in [9.17, 15) is 4.79 Å². The highest BCUT2D eigenvalue weighted by Crippen LogP contribution is 2.22. The lowest BCUT2D eigenvalue weighted by molar-refractivity contribution is -0.131. The van der Waals surface area contributed by atoms with Gasteiger partial charge in [0.2, 0.25) is 0 Å². The third-order valence-corrected chi connectivity index (χ3v) is 3.65. The van der Waals surface area contributed by atoms with Crippen LogP contribution in [0.3, 0.4) is 0 Å². The minimum Gasteiger partial charge on any atom is -0.484 e. The molecule has 1 aromatic rings. The number of benzene rings is 1. The molecule has 0 heterocycles. The summed E-state index contributed by atoms with van der Waals surface area (Å²) in [4.78, 5) is 13.4. The molecule has 4 nitrogen and oxygen atoms in total. The van der Waals surface area contributed by atoms with E-state index in [0.717, 1.165) is 24.3 Å². The van der Waals surface area contributed by atoms with Crippen molar-refractivity contribution in [1.29, 1.82) is 0 Å². The lowest BCUT2D eigenvalue weighted by Crippen LogP contribution is -2.31. The van der Waals surface area contributed by atoms with E-state index >= 15 is 0 Å². The van der Waals surface area contributed by atoms with E-state index in [1.807, 2.05) is 19.9 Å². The van der Waals surface area contributed by atoms with Crippen LogP contribution in [0.1, 0.15) is 44.4 Å². The van der Waals surface area contributed by atoms with E-state index in [2.05, 4.69) is 31.3 Å². The SMILES string of the molecule is CCCNC(C)c1ccc(OCC(=O)N(C)CC)c(C)c1. The van der Waals surface area contributed by atoms with Gasteiger partial charge in [0.1, 0.15) is 5.75 Å². The van der Waals surface area contributed by atoms with Crippen LogP contribution in [0, 0.1) is 6.92 Å². The first kappa shape index (κ1) is 17.5. The molecule has 0 fully saturated rings. The number of aryl methyl sites for hydroxylation is 1. The van der Waals surface area contributed by atoms with Crippen molar-refractivity contribution in [2.75, 3.05) is 26.7 Å². The van der Waals surface area contributed by atoms with Gasteiger partial charge in [-0.05, 0) is 50.9 Å². The molecular weight excluding hydrogens is 264 g/mol. The predicted octanol–water partition coefficient (Wildman–Crippen LogP) is 2.91. The van der Waals surface area contributed by atoms with Crippen molar-refractivity contribution in [3.8, 4) is 5.75 Å². The Hall–Kier alpha value is -1.55. The largest absolute Gasteiger partial charge is 0.484 e. The van der Waals surface area contributed by atoms with Crippen molar-refractivity contribution < 1.29 is 9.53 Å². The fourth-order valence-electron chi connectivity index (χ4n) is 2.01. The number of carbonyl (C=O) groups excluding carboxylic acids is 1. The molecule has 0 saturated carbocycles. The molecule has 21 heavy (non-hydrogen) atoms. The average Bonchev–Trinajstić information content (AvgIpc) is 2.50. The molecular formula is C17H28N2O2. The van der Waals surface area contributed by atoms with Crippen LogP contribution in [0.2, 0.25) is 0 Å². The quantitative estimate of drug-likeness (QED) is 0.801. The Kier molecular flexibility index (Phi) is 7.23. The van der Waals surface area contributed by atoms with Crippen LogP contribution in [0.15, 0.2) is 18.2 Å². The number of likely N-dealkylation sites (N-methyl/N-ethyl adjacent to an activating group) is 1. The summed E-state index contributed by atoms with van der Waals surface area (Å²) >= 11 is 0. The summed E-state index contributed by atoms with van der Waals surface area (Å²) in [6, 6.07) is 6.46. The van der Waals surface area contributed by atoms with Crippen LogP contribution in [-0.2, 0) is 4.79 Å². The molecule has 0 bridgehead atoms. The van der Waals surface area contributed by atoms with Crippen LogP contribution in [-0.4, -0.2) is 37.6 Å². The molecule has 4 heteroatoms. The van der Waals surface area contributed by atoms with Gasteiger partial charge in [0, 0.05) is 19.6 Å². The fraction of sp³-hybridized carbons (Fsp3) is 0.588. The Morgan fingerprint density at radius 2 is 2.10 bits per heavy atom. The lowest BCUT2D eigenvalue weighted by Gasteiger charge is -2.18. The van der Waals surface area contributed by atoms with E-state index in [1.165, 1.54) is 5.56 Å². The van der Waals surface area contributed by atoms with Crippen LogP contribution in [0.5, 0.6) is 5.75 Å². The summed E-state index contributed by atoms with van der Waals surface area (Å²) in [6.45, 7) is 10.1. The Labute approximate surface area is 128 Å². The third-order valence-electron chi connectivity index (χ3n) is 3.65. The summed E-state index contributed by atoms with van der Waals surface area (Å²) in [7, 11) is 1.78. The minimum absolute atomic E-state index is 0.000966.